The molecule has 0 aliphatic heterocycles. The van der Waals surface area contributed by atoms with Gasteiger partial charge in [0.15, 0.2) is 41.3 Å². The van der Waals surface area contributed by atoms with Crippen LogP contribution in [0.4, 0.5) is 43.9 Å². The van der Waals surface area contributed by atoms with Gasteiger partial charge in [0.25, 0.3) is 0 Å². The highest BCUT2D eigenvalue weighted by Crippen LogP contribution is 2.32. The maximum Gasteiger partial charge on any atom is 0.200 e. The highest BCUT2D eigenvalue weighted by atomic mass is 19.2. The van der Waals surface area contributed by atoms with E-state index in [9.17, 15) is 48.9 Å². The Hall–Kier alpha value is -2.76. The van der Waals surface area contributed by atoms with E-state index in [1.807, 2.05) is 0 Å². The summed E-state index contributed by atoms with van der Waals surface area (Å²) in [6.45, 7) is 0. The van der Waals surface area contributed by atoms with Crippen molar-refractivity contribution in [2.24, 2.45) is 0 Å². The largest absolute Gasteiger partial charge is 0.597 e. The van der Waals surface area contributed by atoms with E-state index >= 15 is 0 Å². The molecule has 0 atom stereocenters. The fourth-order valence-electron chi connectivity index (χ4n) is 3.32. The van der Waals surface area contributed by atoms with Crippen molar-refractivity contribution in [2.45, 2.75) is 5.82 Å². The first kappa shape index (κ1) is 21.0. The molecule has 1 N–H and O–H groups in total. The SMILES string of the molecule is O[B-](c1c(F)c(F)c(F)c(F)c1F)(c1c(F)c(F)c(F)c(F)c1F)C1C=CC=C1. The molecule has 0 saturated heterocycles. The van der Waals surface area contributed by atoms with E-state index in [1.54, 1.807) is 0 Å². The molecule has 0 spiro atoms. The minimum atomic E-state index is -4.79. The van der Waals surface area contributed by atoms with Crippen LogP contribution in [0.15, 0.2) is 24.3 Å². The van der Waals surface area contributed by atoms with E-state index in [1.165, 1.54) is 0 Å². The number of halogens is 10. The van der Waals surface area contributed by atoms with E-state index in [4.69, 9.17) is 0 Å². The highest BCUT2D eigenvalue weighted by molar-refractivity contribution is 6.98. The Morgan fingerprint density at radius 1 is 0.483 bits per heavy atom. The van der Waals surface area contributed by atoms with E-state index in [0.717, 1.165) is 24.3 Å². The third-order valence-corrected chi connectivity index (χ3v) is 4.70. The van der Waals surface area contributed by atoms with Crippen LogP contribution in [-0.2, 0) is 0 Å². The monoisotopic (exact) mass is 427 g/mol. The summed E-state index contributed by atoms with van der Waals surface area (Å²) in [6, 6.07) is 0. The van der Waals surface area contributed by atoms with Gasteiger partial charge in [-0.2, -0.15) is 0 Å². The molecule has 12 heteroatoms. The zero-order valence-electron chi connectivity index (χ0n) is 13.7. The molecule has 2 aromatic carbocycles. The Morgan fingerprint density at radius 2 is 0.724 bits per heavy atom. The maximum atomic E-state index is 14.4. The standard InChI is InChI=1S/C17H6BF10O/c19-8-6(9(20)13(24)16(27)12(8)23)18(29,5-3-1-2-4-5)7-10(21)14(25)17(28)15(26)11(7)22/h1-5,29H/q-1. The molecule has 154 valence electrons. The molecule has 0 radical (unpaired) electrons. The molecular weight excluding hydrogens is 421 g/mol. The van der Waals surface area contributed by atoms with Crippen molar-refractivity contribution in [3.63, 3.8) is 0 Å². The van der Waals surface area contributed by atoms with Gasteiger partial charge in [-0.15, -0.1) is 12.2 Å². The van der Waals surface area contributed by atoms with E-state index in [0.29, 0.717) is 0 Å². The molecule has 0 fully saturated rings. The van der Waals surface area contributed by atoms with Crippen molar-refractivity contribution in [3.8, 4) is 0 Å². The Bertz CT molecular complexity index is 955. The van der Waals surface area contributed by atoms with Crippen LogP contribution in [0.5, 0.6) is 0 Å². The highest BCUT2D eigenvalue weighted by Gasteiger charge is 2.45. The predicted octanol–water partition coefficient (Wildman–Crippen LogP) is 3.63. The molecule has 0 bridgehead atoms. The van der Waals surface area contributed by atoms with Gasteiger partial charge in [-0.25, -0.2) is 43.9 Å². The van der Waals surface area contributed by atoms with Crippen LogP contribution in [0, 0.1) is 58.2 Å². The Labute approximate surface area is 155 Å². The van der Waals surface area contributed by atoms with Crippen LogP contribution < -0.4 is 10.9 Å². The second-order valence-corrected chi connectivity index (χ2v) is 6.20. The predicted molar refractivity (Wildman–Crippen MR) is 81.7 cm³/mol. The molecule has 0 amide bonds. The van der Waals surface area contributed by atoms with Crippen molar-refractivity contribution in [1.29, 1.82) is 0 Å². The van der Waals surface area contributed by atoms with Crippen LogP contribution in [0.25, 0.3) is 0 Å². The van der Waals surface area contributed by atoms with Crippen molar-refractivity contribution in [2.75, 3.05) is 0 Å². The van der Waals surface area contributed by atoms with Gasteiger partial charge in [-0.05, 0) is 0 Å². The third-order valence-electron chi connectivity index (χ3n) is 4.70. The Balaban J connectivity index is 2.54. The first-order chi connectivity index (χ1) is 13.5. The lowest BCUT2D eigenvalue weighted by atomic mass is 9.25. The topological polar surface area (TPSA) is 20.2 Å². The maximum absolute atomic E-state index is 14.4. The number of rotatable bonds is 3. The summed E-state index contributed by atoms with van der Waals surface area (Å²) in [5.74, 6) is -28.2. The molecule has 29 heavy (non-hydrogen) atoms. The summed E-state index contributed by atoms with van der Waals surface area (Å²) in [6.07, 6.45) is -1.00. The summed E-state index contributed by atoms with van der Waals surface area (Å²) >= 11 is 0. The van der Waals surface area contributed by atoms with Crippen LogP contribution in [0.3, 0.4) is 0 Å². The Morgan fingerprint density at radius 3 is 1.00 bits per heavy atom. The van der Waals surface area contributed by atoms with E-state index in [-0.39, 0.29) is 0 Å². The lowest BCUT2D eigenvalue weighted by Crippen LogP contribution is -2.66. The van der Waals surface area contributed by atoms with Crippen LogP contribution in [0.1, 0.15) is 0 Å². The number of hydrogen-bond acceptors (Lipinski definition) is 1. The van der Waals surface area contributed by atoms with Gasteiger partial charge in [0.05, 0.1) is 0 Å². The quantitative estimate of drug-likeness (QED) is 0.344. The summed E-state index contributed by atoms with van der Waals surface area (Å²) in [5.41, 5.74) is -4.24. The van der Waals surface area contributed by atoms with Gasteiger partial charge in [0.2, 0.25) is 0 Å². The average Bonchev–Trinajstić information content (AvgIpc) is 3.23. The van der Waals surface area contributed by atoms with E-state index < -0.39 is 81.3 Å². The molecule has 1 nitrogen and oxygen atoms in total. The van der Waals surface area contributed by atoms with Crippen LogP contribution >= 0.6 is 0 Å². The molecule has 0 aromatic heterocycles. The average molecular weight is 427 g/mol. The first-order valence-corrected chi connectivity index (χ1v) is 7.73. The first-order valence-electron chi connectivity index (χ1n) is 7.73. The van der Waals surface area contributed by atoms with Crippen LogP contribution in [0.2, 0.25) is 5.82 Å². The fraction of sp³-hybridized carbons (Fsp3) is 0.0588. The normalized spacial score (nSPS) is 14.3. The Kier molecular flexibility index (Phi) is 5.02. The minimum absolute atomic E-state index is 0.829. The fourth-order valence-corrected chi connectivity index (χ4v) is 3.32. The number of allylic oxidation sites excluding steroid dienone is 4. The molecule has 0 unspecified atom stereocenters. The smallest absolute Gasteiger partial charge is 0.200 e. The second-order valence-electron chi connectivity index (χ2n) is 6.20. The van der Waals surface area contributed by atoms with Gasteiger partial charge in [-0.3, -0.25) is 0 Å². The zero-order valence-corrected chi connectivity index (χ0v) is 13.7. The number of benzene rings is 2. The van der Waals surface area contributed by atoms with Crippen molar-refractivity contribution in [3.05, 3.63) is 82.5 Å². The zero-order chi connectivity index (χ0) is 21.8. The van der Waals surface area contributed by atoms with Crippen molar-refractivity contribution in [1.82, 2.24) is 0 Å². The van der Waals surface area contributed by atoms with Gasteiger partial charge < -0.3 is 5.02 Å². The van der Waals surface area contributed by atoms with Gasteiger partial charge >= 0.3 is 0 Å². The van der Waals surface area contributed by atoms with E-state index in [2.05, 4.69) is 0 Å². The second kappa shape index (κ2) is 6.94. The summed E-state index contributed by atoms with van der Waals surface area (Å²) in [7, 11) is 0. The molecule has 1 aliphatic rings. The van der Waals surface area contributed by atoms with Gasteiger partial charge in [-0.1, -0.05) is 28.9 Å². The van der Waals surface area contributed by atoms with Crippen molar-refractivity contribution >= 4 is 17.3 Å². The lowest BCUT2D eigenvalue weighted by Gasteiger charge is -2.41. The molecule has 0 heterocycles. The van der Waals surface area contributed by atoms with Crippen LogP contribution in [-0.4, -0.2) is 11.4 Å². The molecule has 2 aromatic rings. The number of hydrogen-bond donors (Lipinski definition) is 1. The van der Waals surface area contributed by atoms with Gasteiger partial charge in [0.1, 0.15) is 23.3 Å². The summed E-state index contributed by atoms with van der Waals surface area (Å²) < 4.78 is 139. The third kappa shape index (κ3) is 2.76. The molecule has 1 aliphatic carbocycles. The summed E-state index contributed by atoms with van der Waals surface area (Å²) in [5, 5.41) is 10.9. The van der Waals surface area contributed by atoms with Crippen molar-refractivity contribution < 1.29 is 48.9 Å². The molecular formula is C17H6BF10O-. The summed E-state index contributed by atoms with van der Waals surface area (Å²) in [4.78, 5) is 0. The molecule has 0 saturated carbocycles. The molecule has 3 rings (SSSR count). The minimum Gasteiger partial charge on any atom is -0.597 e. The lowest BCUT2D eigenvalue weighted by molar-refractivity contribution is 0.377. The van der Waals surface area contributed by atoms with Gasteiger partial charge in [0, 0.05) is 0 Å².